The van der Waals surface area contributed by atoms with Crippen molar-refractivity contribution in [2.75, 3.05) is 18.0 Å². The Morgan fingerprint density at radius 1 is 1.26 bits per heavy atom. The number of hydrogen-bond acceptors (Lipinski definition) is 6. The van der Waals surface area contributed by atoms with Gasteiger partial charge in [0.2, 0.25) is 0 Å². The predicted octanol–water partition coefficient (Wildman–Crippen LogP) is 1.13. The molecule has 23 heavy (non-hydrogen) atoms. The lowest BCUT2D eigenvalue weighted by molar-refractivity contribution is 0.333. The van der Waals surface area contributed by atoms with Gasteiger partial charge in [-0.25, -0.2) is 14.6 Å². The molecule has 1 saturated heterocycles. The van der Waals surface area contributed by atoms with Crippen LogP contribution in [0.15, 0.2) is 29.3 Å². The number of nitrogens with zero attached hydrogens (tertiary/aromatic N) is 6. The third kappa shape index (κ3) is 3.54. The van der Waals surface area contributed by atoms with E-state index in [0.717, 1.165) is 37.4 Å². The molecule has 7 nitrogen and oxygen atoms in total. The van der Waals surface area contributed by atoms with Crippen LogP contribution in [-0.2, 0) is 6.54 Å². The van der Waals surface area contributed by atoms with E-state index in [1.54, 1.807) is 23.0 Å². The maximum absolute atomic E-state index is 11.8. The van der Waals surface area contributed by atoms with Crippen LogP contribution < -0.4 is 10.5 Å². The summed E-state index contributed by atoms with van der Waals surface area (Å²) < 4.78 is 1.57. The van der Waals surface area contributed by atoms with E-state index in [1.807, 2.05) is 13.0 Å². The zero-order chi connectivity index (χ0) is 16.2. The molecule has 3 rings (SSSR count). The summed E-state index contributed by atoms with van der Waals surface area (Å²) in [5, 5.41) is 13.1. The van der Waals surface area contributed by atoms with Crippen LogP contribution in [0.5, 0.6) is 0 Å². The van der Waals surface area contributed by atoms with Gasteiger partial charge in [0.1, 0.15) is 11.9 Å². The van der Waals surface area contributed by atoms with Crippen LogP contribution in [0, 0.1) is 24.2 Å². The van der Waals surface area contributed by atoms with Gasteiger partial charge in [0, 0.05) is 25.7 Å². The minimum absolute atomic E-state index is 0.0454. The molecule has 0 aromatic carbocycles. The SMILES string of the molecule is Cc1ccc(=O)n(CC2CCN(c3cnc(C#N)cn3)CC2)n1. The van der Waals surface area contributed by atoms with E-state index in [-0.39, 0.29) is 5.56 Å². The van der Waals surface area contributed by atoms with Crippen LogP contribution in [-0.4, -0.2) is 32.8 Å². The van der Waals surface area contributed by atoms with E-state index in [2.05, 4.69) is 20.0 Å². The Morgan fingerprint density at radius 2 is 2.04 bits per heavy atom. The number of anilines is 1. The lowest BCUT2D eigenvalue weighted by Crippen LogP contribution is -2.37. The molecular formula is C16H18N6O. The molecule has 0 N–H and O–H groups in total. The first-order valence-electron chi connectivity index (χ1n) is 7.67. The summed E-state index contributed by atoms with van der Waals surface area (Å²) >= 11 is 0. The molecule has 1 fully saturated rings. The van der Waals surface area contributed by atoms with Crippen molar-refractivity contribution in [3.8, 4) is 6.07 Å². The second kappa shape index (κ2) is 6.57. The van der Waals surface area contributed by atoms with Gasteiger partial charge < -0.3 is 4.90 Å². The molecule has 2 aromatic rings. The maximum atomic E-state index is 11.8. The van der Waals surface area contributed by atoms with Gasteiger partial charge in [-0.2, -0.15) is 10.4 Å². The van der Waals surface area contributed by atoms with Gasteiger partial charge in [0.05, 0.1) is 18.1 Å². The molecular weight excluding hydrogens is 292 g/mol. The van der Waals surface area contributed by atoms with Crippen LogP contribution in [0.4, 0.5) is 5.82 Å². The minimum Gasteiger partial charge on any atom is -0.355 e. The smallest absolute Gasteiger partial charge is 0.266 e. The molecule has 0 bridgehead atoms. The average molecular weight is 310 g/mol. The van der Waals surface area contributed by atoms with Gasteiger partial charge in [-0.1, -0.05) is 0 Å². The van der Waals surface area contributed by atoms with E-state index in [1.165, 1.54) is 6.20 Å². The van der Waals surface area contributed by atoms with Crippen LogP contribution >= 0.6 is 0 Å². The van der Waals surface area contributed by atoms with Crippen molar-refractivity contribution in [1.82, 2.24) is 19.7 Å². The van der Waals surface area contributed by atoms with E-state index in [4.69, 9.17) is 5.26 Å². The Balaban J connectivity index is 1.61. The van der Waals surface area contributed by atoms with Crippen LogP contribution in [0.1, 0.15) is 24.2 Å². The molecule has 118 valence electrons. The molecule has 0 atom stereocenters. The third-order valence-electron chi connectivity index (χ3n) is 4.12. The standard InChI is InChI=1S/C16H18N6O/c1-12-2-3-16(23)22(20-12)11-13-4-6-21(7-5-13)15-10-18-14(8-17)9-19-15/h2-3,9-10,13H,4-7,11H2,1H3. The van der Waals surface area contributed by atoms with Crippen molar-refractivity contribution in [1.29, 1.82) is 5.26 Å². The highest BCUT2D eigenvalue weighted by Crippen LogP contribution is 2.22. The molecule has 0 amide bonds. The van der Waals surface area contributed by atoms with Crippen LogP contribution in [0.25, 0.3) is 0 Å². The van der Waals surface area contributed by atoms with Crippen molar-refractivity contribution in [3.63, 3.8) is 0 Å². The highest BCUT2D eigenvalue weighted by atomic mass is 16.1. The zero-order valence-corrected chi connectivity index (χ0v) is 13.0. The molecule has 7 heteroatoms. The van der Waals surface area contributed by atoms with Crippen LogP contribution in [0.2, 0.25) is 0 Å². The number of piperidine rings is 1. The molecule has 1 aliphatic rings. The van der Waals surface area contributed by atoms with Crippen molar-refractivity contribution >= 4 is 5.82 Å². The molecule has 2 aromatic heterocycles. The summed E-state index contributed by atoms with van der Waals surface area (Å²) in [5.41, 5.74) is 1.14. The van der Waals surface area contributed by atoms with Gasteiger partial charge in [-0.05, 0) is 31.7 Å². The van der Waals surface area contributed by atoms with Crippen molar-refractivity contribution < 1.29 is 0 Å². The number of aromatic nitrogens is 4. The molecule has 0 radical (unpaired) electrons. The van der Waals surface area contributed by atoms with E-state index < -0.39 is 0 Å². The van der Waals surface area contributed by atoms with Crippen LogP contribution in [0.3, 0.4) is 0 Å². The largest absolute Gasteiger partial charge is 0.355 e. The summed E-state index contributed by atoms with van der Waals surface area (Å²) in [6.07, 6.45) is 5.09. The molecule has 1 aliphatic heterocycles. The summed E-state index contributed by atoms with van der Waals surface area (Å²) in [7, 11) is 0. The first-order valence-corrected chi connectivity index (χ1v) is 7.67. The normalized spacial score (nSPS) is 15.4. The second-order valence-electron chi connectivity index (χ2n) is 5.80. The molecule has 0 spiro atoms. The first kappa shape index (κ1) is 15.2. The van der Waals surface area contributed by atoms with Crippen molar-refractivity contribution in [2.45, 2.75) is 26.3 Å². The summed E-state index contributed by atoms with van der Waals surface area (Å²) in [6.45, 7) is 4.28. The number of nitriles is 1. The summed E-state index contributed by atoms with van der Waals surface area (Å²) in [6, 6.07) is 5.28. The highest BCUT2D eigenvalue weighted by Gasteiger charge is 2.21. The van der Waals surface area contributed by atoms with Gasteiger partial charge in [-0.3, -0.25) is 4.79 Å². The van der Waals surface area contributed by atoms with Gasteiger partial charge >= 0.3 is 0 Å². The molecule has 0 saturated carbocycles. The van der Waals surface area contributed by atoms with Gasteiger partial charge in [-0.15, -0.1) is 0 Å². The lowest BCUT2D eigenvalue weighted by Gasteiger charge is -2.32. The predicted molar refractivity (Wildman–Crippen MR) is 84.9 cm³/mol. The topological polar surface area (TPSA) is 87.7 Å². The first-order chi connectivity index (χ1) is 11.2. The lowest BCUT2D eigenvalue weighted by atomic mass is 9.97. The number of rotatable bonds is 3. The van der Waals surface area contributed by atoms with Crippen molar-refractivity contribution in [3.05, 3.63) is 46.3 Å². The quantitative estimate of drug-likeness (QED) is 0.844. The fourth-order valence-electron chi connectivity index (χ4n) is 2.81. The Hall–Kier alpha value is -2.75. The maximum Gasteiger partial charge on any atom is 0.266 e. The fraction of sp³-hybridized carbons (Fsp3) is 0.438. The zero-order valence-electron chi connectivity index (χ0n) is 13.0. The van der Waals surface area contributed by atoms with Crippen molar-refractivity contribution in [2.24, 2.45) is 5.92 Å². The Kier molecular flexibility index (Phi) is 4.33. The van der Waals surface area contributed by atoms with E-state index >= 15 is 0 Å². The van der Waals surface area contributed by atoms with Gasteiger partial charge in [0.25, 0.3) is 5.56 Å². The Morgan fingerprint density at radius 3 is 2.70 bits per heavy atom. The monoisotopic (exact) mass is 310 g/mol. The Bertz CT molecular complexity index is 768. The Labute approximate surface area is 134 Å². The fourth-order valence-corrected chi connectivity index (χ4v) is 2.81. The van der Waals surface area contributed by atoms with E-state index in [0.29, 0.717) is 18.2 Å². The second-order valence-corrected chi connectivity index (χ2v) is 5.80. The minimum atomic E-state index is -0.0454. The number of aryl methyl sites for hydroxylation is 1. The average Bonchev–Trinajstić information content (AvgIpc) is 2.59. The summed E-state index contributed by atoms with van der Waals surface area (Å²) in [5.74, 6) is 1.23. The third-order valence-corrected chi connectivity index (χ3v) is 4.12. The molecule has 3 heterocycles. The number of hydrogen-bond donors (Lipinski definition) is 0. The van der Waals surface area contributed by atoms with Gasteiger partial charge in [0.15, 0.2) is 5.69 Å². The molecule has 0 unspecified atom stereocenters. The van der Waals surface area contributed by atoms with E-state index in [9.17, 15) is 4.79 Å². The molecule has 0 aliphatic carbocycles. The summed E-state index contributed by atoms with van der Waals surface area (Å²) in [4.78, 5) is 22.3. The highest BCUT2D eigenvalue weighted by molar-refractivity contribution is 5.37.